The maximum atomic E-state index is 12.1. The summed E-state index contributed by atoms with van der Waals surface area (Å²) in [5.74, 6) is -0.430. The van der Waals surface area contributed by atoms with Gasteiger partial charge in [-0.05, 0) is 67.7 Å². The molecule has 3 unspecified atom stereocenters. The first-order valence-corrected chi connectivity index (χ1v) is 14.9. The van der Waals surface area contributed by atoms with E-state index in [1.165, 1.54) is 36.9 Å². The van der Waals surface area contributed by atoms with E-state index in [9.17, 15) is 24.3 Å². The van der Waals surface area contributed by atoms with Crippen molar-refractivity contribution >= 4 is 23.9 Å². The molecule has 3 atom stereocenters. The molecule has 0 aliphatic carbocycles. The van der Waals surface area contributed by atoms with Gasteiger partial charge < -0.3 is 43.3 Å². The lowest BCUT2D eigenvalue weighted by Gasteiger charge is -2.43. The number of esters is 1. The quantitative estimate of drug-likeness (QED) is 0.357. The van der Waals surface area contributed by atoms with Crippen LogP contribution in [0.3, 0.4) is 0 Å². The van der Waals surface area contributed by atoms with Crippen molar-refractivity contribution in [1.29, 1.82) is 0 Å². The smallest absolute Gasteiger partial charge is 0.410 e. The Morgan fingerprint density at radius 2 is 1.44 bits per heavy atom. The SMILES string of the molecule is C1CCOC1.CCOC(=O)CC1(O)CCN(C(=O)OC(C)(C)C)CC1OC.COC1CN(C(=O)OC(C)(C)C)CCC1=O. The molecule has 43 heavy (non-hydrogen) atoms. The van der Waals surface area contributed by atoms with Crippen LogP contribution in [0, 0.1) is 0 Å². The molecule has 0 radical (unpaired) electrons. The lowest BCUT2D eigenvalue weighted by atomic mass is 9.85. The molecule has 13 nitrogen and oxygen atoms in total. The van der Waals surface area contributed by atoms with Gasteiger partial charge in [0.1, 0.15) is 29.0 Å². The van der Waals surface area contributed by atoms with Crippen molar-refractivity contribution in [2.24, 2.45) is 0 Å². The zero-order valence-corrected chi connectivity index (χ0v) is 27.6. The molecule has 3 fully saturated rings. The van der Waals surface area contributed by atoms with Gasteiger partial charge in [-0.15, -0.1) is 0 Å². The summed E-state index contributed by atoms with van der Waals surface area (Å²) in [6, 6.07) is 0. The van der Waals surface area contributed by atoms with Gasteiger partial charge in [0.25, 0.3) is 0 Å². The maximum absolute atomic E-state index is 12.1. The van der Waals surface area contributed by atoms with Gasteiger partial charge in [-0.1, -0.05) is 0 Å². The number of Topliss-reactive ketones (excluding diaryl/α,β-unsaturated/α-hetero) is 1. The van der Waals surface area contributed by atoms with Gasteiger partial charge in [0.15, 0.2) is 5.78 Å². The molecule has 3 aliphatic heterocycles. The molecule has 0 bridgehead atoms. The van der Waals surface area contributed by atoms with Crippen LogP contribution in [-0.2, 0) is 38.0 Å². The van der Waals surface area contributed by atoms with E-state index in [0.29, 0.717) is 19.5 Å². The third-order valence-corrected chi connectivity index (χ3v) is 6.63. The fourth-order valence-corrected chi connectivity index (χ4v) is 4.41. The Kier molecular flexibility index (Phi) is 15.9. The third kappa shape index (κ3) is 14.7. The van der Waals surface area contributed by atoms with Gasteiger partial charge in [-0.3, -0.25) is 9.59 Å². The number of rotatable bonds is 5. The van der Waals surface area contributed by atoms with E-state index < -0.39 is 41.1 Å². The lowest BCUT2D eigenvalue weighted by molar-refractivity contribution is -0.165. The van der Waals surface area contributed by atoms with Crippen LogP contribution < -0.4 is 0 Å². The van der Waals surface area contributed by atoms with Crippen molar-refractivity contribution in [3.05, 3.63) is 0 Å². The summed E-state index contributed by atoms with van der Waals surface area (Å²) in [5, 5.41) is 10.7. The van der Waals surface area contributed by atoms with E-state index in [-0.39, 0.29) is 44.4 Å². The van der Waals surface area contributed by atoms with Crippen molar-refractivity contribution < 1.29 is 52.7 Å². The van der Waals surface area contributed by atoms with Gasteiger partial charge in [0.2, 0.25) is 0 Å². The summed E-state index contributed by atoms with van der Waals surface area (Å²) in [6.07, 6.45) is 0.942. The second-order valence-corrected chi connectivity index (χ2v) is 12.7. The molecule has 1 N–H and O–H groups in total. The topological polar surface area (TPSA) is 150 Å². The van der Waals surface area contributed by atoms with Crippen molar-refractivity contribution in [2.75, 3.05) is 60.2 Å². The molecular weight excluding hydrogens is 564 g/mol. The Morgan fingerprint density at radius 1 is 0.907 bits per heavy atom. The highest BCUT2D eigenvalue weighted by Gasteiger charge is 2.45. The van der Waals surface area contributed by atoms with Crippen LogP contribution in [0.2, 0.25) is 0 Å². The molecule has 0 spiro atoms. The minimum atomic E-state index is -1.33. The fraction of sp³-hybridized carbons (Fsp3) is 0.867. The molecule has 250 valence electrons. The Labute approximate surface area is 256 Å². The van der Waals surface area contributed by atoms with E-state index in [1.54, 1.807) is 27.7 Å². The maximum Gasteiger partial charge on any atom is 0.410 e. The number of ketones is 1. The molecule has 2 amide bonds. The number of hydrogen-bond donors (Lipinski definition) is 1. The normalized spacial score (nSPS) is 24.2. The minimum absolute atomic E-state index is 0.0438. The molecule has 0 aromatic heterocycles. The van der Waals surface area contributed by atoms with E-state index in [4.69, 9.17) is 28.4 Å². The highest BCUT2D eigenvalue weighted by Crippen LogP contribution is 2.29. The lowest BCUT2D eigenvalue weighted by Crippen LogP contribution is -2.58. The number of carbonyl (C=O) groups is 4. The molecule has 3 aliphatic rings. The second kappa shape index (κ2) is 17.7. The standard InChI is InChI=1S/C15H27NO6.C11H19NO4.C4H8O/c1-6-21-12(17)9-15(19)7-8-16(10-11(15)20-5)13(18)22-14(2,3)4;1-11(2,3)16-10(14)12-6-5-8(13)9(7-12)15-4;1-2-4-5-3-1/h11,19H,6-10H2,1-5H3;9H,5-7H2,1-4H3;1-4H2. The summed E-state index contributed by atoms with van der Waals surface area (Å²) >= 11 is 0. The summed E-state index contributed by atoms with van der Waals surface area (Å²) in [4.78, 5) is 49.8. The molecule has 3 saturated heterocycles. The highest BCUT2D eigenvalue weighted by molar-refractivity contribution is 5.86. The van der Waals surface area contributed by atoms with Crippen LogP contribution in [0.15, 0.2) is 0 Å². The number of nitrogens with zero attached hydrogens (tertiary/aromatic N) is 2. The van der Waals surface area contributed by atoms with Gasteiger partial charge in [-0.25, -0.2) is 9.59 Å². The Hall–Kier alpha value is -2.48. The first kappa shape index (κ1) is 38.5. The van der Waals surface area contributed by atoms with Gasteiger partial charge >= 0.3 is 18.2 Å². The van der Waals surface area contributed by atoms with Gasteiger partial charge in [0, 0.05) is 46.9 Å². The van der Waals surface area contributed by atoms with E-state index in [2.05, 4.69) is 0 Å². The summed E-state index contributed by atoms with van der Waals surface area (Å²) in [5.41, 5.74) is -2.43. The van der Waals surface area contributed by atoms with Crippen molar-refractivity contribution in [1.82, 2.24) is 9.80 Å². The Balaban J connectivity index is 0.000000381. The number of aliphatic hydroxyl groups is 1. The molecular formula is C30H54N2O11. The Morgan fingerprint density at radius 3 is 1.86 bits per heavy atom. The number of methoxy groups -OCH3 is 2. The zero-order valence-electron chi connectivity index (χ0n) is 27.6. The van der Waals surface area contributed by atoms with Crippen LogP contribution in [-0.4, -0.2) is 128 Å². The summed E-state index contributed by atoms with van der Waals surface area (Å²) < 4.78 is 30.7. The largest absolute Gasteiger partial charge is 0.466 e. The van der Waals surface area contributed by atoms with Crippen molar-refractivity contribution in [2.45, 2.75) is 110 Å². The number of amides is 2. The highest BCUT2D eigenvalue weighted by atomic mass is 16.6. The average molecular weight is 619 g/mol. The number of piperidine rings is 2. The van der Waals surface area contributed by atoms with Gasteiger partial charge in [0.05, 0.1) is 26.1 Å². The fourth-order valence-electron chi connectivity index (χ4n) is 4.41. The number of ether oxygens (including phenoxy) is 6. The molecule has 0 saturated carbocycles. The summed E-state index contributed by atoms with van der Waals surface area (Å²) in [7, 11) is 2.92. The Bertz CT molecular complexity index is 888. The number of hydrogen-bond acceptors (Lipinski definition) is 11. The van der Waals surface area contributed by atoms with Crippen LogP contribution >= 0.6 is 0 Å². The predicted octanol–water partition coefficient (Wildman–Crippen LogP) is 3.33. The van der Waals surface area contributed by atoms with E-state index in [0.717, 1.165) is 13.2 Å². The number of carbonyl (C=O) groups excluding carboxylic acids is 4. The molecule has 3 heterocycles. The first-order chi connectivity index (χ1) is 19.9. The molecule has 13 heteroatoms. The minimum Gasteiger partial charge on any atom is -0.466 e. The van der Waals surface area contributed by atoms with E-state index in [1.807, 2.05) is 20.8 Å². The van der Waals surface area contributed by atoms with E-state index >= 15 is 0 Å². The predicted molar refractivity (Wildman–Crippen MR) is 158 cm³/mol. The van der Waals surface area contributed by atoms with Gasteiger partial charge in [-0.2, -0.15) is 0 Å². The van der Waals surface area contributed by atoms with Crippen LogP contribution in [0.5, 0.6) is 0 Å². The van der Waals surface area contributed by atoms with Crippen LogP contribution in [0.1, 0.15) is 80.6 Å². The first-order valence-electron chi connectivity index (χ1n) is 14.9. The average Bonchev–Trinajstić information content (AvgIpc) is 3.48. The molecule has 0 aromatic carbocycles. The second-order valence-electron chi connectivity index (χ2n) is 12.7. The van der Waals surface area contributed by atoms with Crippen LogP contribution in [0.4, 0.5) is 9.59 Å². The molecule has 0 aromatic rings. The number of likely N-dealkylation sites (tertiary alicyclic amines) is 2. The monoisotopic (exact) mass is 618 g/mol. The zero-order chi connectivity index (χ0) is 32.8. The molecule has 3 rings (SSSR count). The van der Waals surface area contributed by atoms with Crippen molar-refractivity contribution in [3.63, 3.8) is 0 Å². The third-order valence-electron chi connectivity index (χ3n) is 6.63. The van der Waals surface area contributed by atoms with Crippen molar-refractivity contribution in [3.8, 4) is 0 Å². The van der Waals surface area contributed by atoms with Crippen LogP contribution in [0.25, 0.3) is 0 Å². The summed E-state index contributed by atoms with van der Waals surface area (Å²) in [6.45, 7) is 15.9.